The lowest BCUT2D eigenvalue weighted by molar-refractivity contribution is -0.119. The van der Waals surface area contributed by atoms with Crippen LogP contribution in [0.4, 0.5) is 5.69 Å². The number of nitrogens with zero attached hydrogens (tertiary/aromatic N) is 1. The molecular formula is C22H27N3O5S. The second-order valence-electron chi connectivity index (χ2n) is 7.58. The van der Waals surface area contributed by atoms with Gasteiger partial charge in [-0.2, -0.15) is 0 Å². The summed E-state index contributed by atoms with van der Waals surface area (Å²) in [7, 11) is -2.35. The number of benzene rings is 2. The minimum Gasteiger partial charge on any atom is -0.497 e. The Labute approximate surface area is 182 Å². The summed E-state index contributed by atoms with van der Waals surface area (Å²) in [4.78, 5) is 25.9. The summed E-state index contributed by atoms with van der Waals surface area (Å²) in [5.74, 6) is 0.318. The molecule has 2 N–H and O–H groups in total. The normalized spacial score (nSPS) is 14.7. The third kappa shape index (κ3) is 5.55. The topological polar surface area (TPSA) is 105 Å². The highest BCUT2D eigenvalue weighted by Gasteiger charge is 2.26. The summed E-state index contributed by atoms with van der Waals surface area (Å²) in [5, 5.41) is 2.88. The molecule has 1 heterocycles. The Hall–Kier alpha value is -3.07. The van der Waals surface area contributed by atoms with Crippen molar-refractivity contribution in [3.63, 3.8) is 0 Å². The molecule has 1 fully saturated rings. The highest BCUT2D eigenvalue weighted by molar-refractivity contribution is 7.92. The highest BCUT2D eigenvalue weighted by Crippen LogP contribution is 2.24. The molecule has 166 valence electrons. The van der Waals surface area contributed by atoms with E-state index < -0.39 is 10.0 Å². The Balaban J connectivity index is 1.76. The first-order valence-electron chi connectivity index (χ1n) is 10.0. The molecule has 3 rings (SSSR count). The van der Waals surface area contributed by atoms with Gasteiger partial charge in [0.05, 0.1) is 12.0 Å². The number of aryl methyl sites for hydroxylation is 1. The van der Waals surface area contributed by atoms with Crippen molar-refractivity contribution >= 4 is 27.5 Å². The number of piperidine rings is 1. The molecule has 0 unspecified atom stereocenters. The van der Waals surface area contributed by atoms with Crippen LogP contribution in [0.15, 0.2) is 47.4 Å². The lowest BCUT2D eigenvalue weighted by Crippen LogP contribution is -2.46. The van der Waals surface area contributed by atoms with Crippen molar-refractivity contribution in [2.75, 3.05) is 24.9 Å². The Kier molecular flexibility index (Phi) is 6.84. The van der Waals surface area contributed by atoms with Crippen LogP contribution in [0.5, 0.6) is 5.75 Å². The van der Waals surface area contributed by atoms with Gasteiger partial charge in [-0.1, -0.05) is 6.07 Å². The quantitative estimate of drug-likeness (QED) is 0.711. The summed E-state index contributed by atoms with van der Waals surface area (Å²) in [6.07, 6.45) is 1.34. The van der Waals surface area contributed by atoms with E-state index in [-0.39, 0.29) is 22.8 Å². The van der Waals surface area contributed by atoms with Gasteiger partial charge in [-0.05, 0) is 61.7 Å². The van der Waals surface area contributed by atoms with Crippen molar-refractivity contribution in [1.29, 1.82) is 0 Å². The van der Waals surface area contributed by atoms with Crippen molar-refractivity contribution in [2.24, 2.45) is 0 Å². The molecule has 1 aliphatic heterocycles. The van der Waals surface area contributed by atoms with E-state index in [0.717, 1.165) is 0 Å². The number of carbonyl (C=O) groups is 2. The van der Waals surface area contributed by atoms with Gasteiger partial charge in [0.25, 0.3) is 15.9 Å². The monoisotopic (exact) mass is 445 g/mol. The summed E-state index contributed by atoms with van der Waals surface area (Å²) in [6.45, 7) is 4.18. The molecule has 0 atom stereocenters. The Morgan fingerprint density at radius 3 is 2.29 bits per heavy atom. The zero-order valence-corrected chi connectivity index (χ0v) is 18.7. The van der Waals surface area contributed by atoms with Gasteiger partial charge in [0.1, 0.15) is 5.75 Å². The molecule has 1 aliphatic rings. The largest absolute Gasteiger partial charge is 0.497 e. The van der Waals surface area contributed by atoms with Crippen molar-refractivity contribution in [2.45, 2.75) is 37.6 Å². The van der Waals surface area contributed by atoms with Gasteiger partial charge >= 0.3 is 0 Å². The fraction of sp³-hybridized carbons (Fsp3) is 0.364. The van der Waals surface area contributed by atoms with Crippen molar-refractivity contribution in [1.82, 2.24) is 10.2 Å². The Morgan fingerprint density at radius 2 is 1.71 bits per heavy atom. The maximum Gasteiger partial charge on any atom is 0.262 e. The number of sulfonamides is 1. The first-order valence-corrected chi connectivity index (χ1v) is 11.5. The van der Waals surface area contributed by atoms with E-state index >= 15 is 0 Å². The van der Waals surface area contributed by atoms with E-state index in [4.69, 9.17) is 4.74 Å². The van der Waals surface area contributed by atoms with Gasteiger partial charge in [0, 0.05) is 37.3 Å². The van der Waals surface area contributed by atoms with Crippen LogP contribution in [0.25, 0.3) is 0 Å². The van der Waals surface area contributed by atoms with Crippen LogP contribution in [0.1, 0.15) is 35.7 Å². The lowest BCUT2D eigenvalue weighted by atomic mass is 10.0. The van der Waals surface area contributed by atoms with Crippen LogP contribution in [0.3, 0.4) is 0 Å². The van der Waals surface area contributed by atoms with Crippen LogP contribution < -0.4 is 14.8 Å². The van der Waals surface area contributed by atoms with Crippen LogP contribution >= 0.6 is 0 Å². The van der Waals surface area contributed by atoms with Crippen LogP contribution in [-0.2, 0) is 14.8 Å². The molecular weight excluding hydrogens is 418 g/mol. The zero-order chi connectivity index (χ0) is 22.6. The maximum absolute atomic E-state index is 13.0. The molecule has 0 aliphatic carbocycles. The number of rotatable bonds is 6. The fourth-order valence-corrected chi connectivity index (χ4v) is 4.92. The number of hydrogen-bond acceptors (Lipinski definition) is 5. The predicted octanol–water partition coefficient (Wildman–Crippen LogP) is 2.55. The number of carbonyl (C=O) groups excluding carboxylic acids is 2. The fourth-order valence-electron chi connectivity index (χ4n) is 3.59. The molecule has 2 aromatic rings. The number of amides is 2. The van der Waals surface area contributed by atoms with Crippen LogP contribution in [0.2, 0.25) is 0 Å². The average Bonchev–Trinajstić information content (AvgIpc) is 2.74. The van der Waals surface area contributed by atoms with Crippen molar-refractivity contribution in [3.05, 3.63) is 53.6 Å². The minimum absolute atomic E-state index is 0.0577. The standard InChI is InChI=1S/C22H27N3O5S/c1-15-4-5-17(22(27)25-12-10-18(11-13-25)23-16(2)26)14-21(15)31(28,29)24-19-6-8-20(30-3)9-7-19/h4-9,14,18,24H,10-13H2,1-3H3,(H,23,26). The number of nitrogens with one attached hydrogen (secondary N) is 2. The van der Waals surface area contributed by atoms with Crippen molar-refractivity contribution < 1.29 is 22.7 Å². The summed E-state index contributed by atoms with van der Waals surface area (Å²) >= 11 is 0. The van der Waals surface area contributed by atoms with Gasteiger partial charge in [-0.3, -0.25) is 14.3 Å². The van der Waals surface area contributed by atoms with E-state index in [1.807, 2.05) is 0 Å². The average molecular weight is 446 g/mol. The molecule has 1 saturated heterocycles. The lowest BCUT2D eigenvalue weighted by Gasteiger charge is -2.32. The first-order chi connectivity index (χ1) is 14.7. The molecule has 8 nitrogen and oxygen atoms in total. The molecule has 0 saturated carbocycles. The molecule has 9 heteroatoms. The van der Waals surface area contributed by atoms with E-state index in [1.165, 1.54) is 20.1 Å². The minimum atomic E-state index is -3.88. The number of ether oxygens (including phenoxy) is 1. The molecule has 0 spiro atoms. The van der Waals surface area contributed by atoms with Crippen molar-refractivity contribution in [3.8, 4) is 5.75 Å². The second kappa shape index (κ2) is 9.38. The van der Waals surface area contributed by atoms with E-state index in [2.05, 4.69) is 10.0 Å². The molecule has 31 heavy (non-hydrogen) atoms. The predicted molar refractivity (Wildman–Crippen MR) is 118 cm³/mol. The highest BCUT2D eigenvalue weighted by atomic mass is 32.2. The number of likely N-dealkylation sites (tertiary alicyclic amines) is 1. The third-order valence-electron chi connectivity index (χ3n) is 5.26. The van der Waals surface area contributed by atoms with Gasteiger partial charge in [0.2, 0.25) is 5.91 Å². The van der Waals surface area contributed by atoms with E-state index in [9.17, 15) is 18.0 Å². The molecule has 2 amide bonds. The smallest absolute Gasteiger partial charge is 0.262 e. The molecule has 0 aromatic heterocycles. The van der Waals surface area contributed by atoms with Gasteiger partial charge < -0.3 is 15.0 Å². The van der Waals surface area contributed by atoms with Gasteiger partial charge in [-0.15, -0.1) is 0 Å². The molecule has 0 bridgehead atoms. The van der Waals surface area contributed by atoms with Crippen LogP contribution in [-0.4, -0.2) is 51.4 Å². The van der Waals surface area contributed by atoms with Gasteiger partial charge in [0.15, 0.2) is 0 Å². The Morgan fingerprint density at radius 1 is 1.06 bits per heavy atom. The summed E-state index contributed by atoms with van der Waals surface area (Å²) < 4.78 is 33.6. The number of anilines is 1. The van der Waals surface area contributed by atoms with Gasteiger partial charge in [-0.25, -0.2) is 8.42 Å². The molecule has 0 radical (unpaired) electrons. The summed E-state index contributed by atoms with van der Waals surface area (Å²) in [6, 6.07) is 11.3. The third-order valence-corrected chi connectivity index (χ3v) is 6.78. The second-order valence-corrected chi connectivity index (χ2v) is 9.23. The van der Waals surface area contributed by atoms with E-state index in [0.29, 0.717) is 48.5 Å². The molecule has 2 aromatic carbocycles. The SMILES string of the molecule is COc1ccc(NS(=O)(=O)c2cc(C(=O)N3CCC(NC(C)=O)CC3)ccc2C)cc1. The van der Waals surface area contributed by atoms with Crippen LogP contribution in [0, 0.1) is 6.92 Å². The first kappa shape index (κ1) is 22.6. The summed E-state index contributed by atoms with van der Waals surface area (Å²) in [5.41, 5.74) is 1.26. The zero-order valence-electron chi connectivity index (χ0n) is 17.8. The maximum atomic E-state index is 13.0. The number of methoxy groups -OCH3 is 1. The van der Waals surface area contributed by atoms with E-state index in [1.54, 1.807) is 48.2 Å². The Bertz CT molecular complexity index is 1060. The number of hydrogen-bond donors (Lipinski definition) is 2.